The van der Waals surface area contributed by atoms with E-state index in [4.69, 9.17) is 10.5 Å². The SMILES string of the molecule is COc1ccc(CCCN)cc1CN1CCCC(C)C1. The summed E-state index contributed by atoms with van der Waals surface area (Å²) in [7, 11) is 1.76. The van der Waals surface area contributed by atoms with E-state index in [1.165, 1.54) is 37.1 Å². The van der Waals surface area contributed by atoms with E-state index in [-0.39, 0.29) is 0 Å². The highest BCUT2D eigenvalue weighted by Crippen LogP contribution is 2.25. The molecule has 1 saturated heterocycles. The molecule has 0 bridgehead atoms. The lowest BCUT2D eigenvalue weighted by Crippen LogP contribution is -2.33. The van der Waals surface area contributed by atoms with Crippen molar-refractivity contribution in [2.24, 2.45) is 11.7 Å². The summed E-state index contributed by atoms with van der Waals surface area (Å²) in [5, 5.41) is 0. The summed E-state index contributed by atoms with van der Waals surface area (Å²) < 4.78 is 5.52. The van der Waals surface area contributed by atoms with E-state index in [1.54, 1.807) is 7.11 Å². The number of methoxy groups -OCH3 is 1. The number of hydrogen-bond acceptors (Lipinski definition) is 3. The molecule has 3 heteroatoms. The fourth-order valence-corrected chi connectivity index (χ4v) is 3.09. The van der Waals surface area contributed by atoms with Crippen molar-refractivity contribution < 1.29 is 4.74 Å². The van der Waals surface area contributed by atoms with Crippen LogP contribution in [0.3, 0.4) is 0 Å². The number of rotatable bonds is 6. The lowest BCUT2D eigenvalue weighted by Gasteiger charge is -2.31. The predicted molar refractivity (Wildman–Crippen MR) is 84.0 cm³/mol. The maximum atomic E-state index is 5.60. The minimum absolute atomic E-state index is 0.755. The Bertz CT molecular complexity index is 419. The maximum absolute atomic E-state index is 5.60. The van der Waals surface area contributed by atoms with Gasteiger partial charge < -0.3 is 10.5 Å². The zero-order chi connectivity index (χ0) is 14.4. The first-order chi connectivity index (χ1) is 9.72. The number of nitrogens with two attached hydrogens (primary N) is 1. The Balaban J connectivity index is 2.07. The zero-order valence-electron chi connectivity index (χ0n) is 12.9. The lowest BCUT2D eigenvalue weighted by atomic mass is 9.99. The molecule has 1 heterocycles. The predicted octanol–water partition coefficient (Wildman–Crippen LogP) is 2.82. The fourth-order valence-electron chi connectivity index (χ4n) is 3.09. The smallest absolute Gasteiger partial charge is 0.123 e. The van der Waals surface area contributed by atoms with Crippen LogP contribution in [0, 0.1) is 5.92 Å². The summed E-state index contributed by atoms with van der Waals surface area (Å²) in [5.74, 6) is 1.83. The first kappa shape index (κ1) is 15.3. The van der Waals surface area contributed by atoms with E-state index in [0.717, 1.165) is 37.6 Å². The number of ether oxygens (including phenoxy) is 1. The van der Waals surface area contributed by atoms with Crippen LogP contribution in [0.2, 0.25) is 0 Å². The van der Waals surface area contributed by atoms with Crippen LogP contribution in [0.5, 0.6) is 5.75 Å². The van der Waals surface area contributed by atoms with Gasteiger partial charge in [-0.1, -0.05) is 19.1 Å². The maximum Gasteiger partial charge on any atom is 0.123 e. The molecule has 0 radical (unpaired) electrons. The second-order valence-electron chi connectivity index (χ2n) is 6.02. The topological polar surface area (TPSA) is 38.5 Å². The van der Waals surface area contributed by atoms with Crippen LogP contribution in [0.15, 0.2) is 18.2 Å². The Hall–Kier alpha value is -1.06. The van der Waals surface area contributed by atoms with Gasteiger partial charge in [-0.3, -0.25) is 4.90 Å². The molecule has 3 nitrogen and oxygen atoms in total. The number of likely N-dealkylation sites (tertiary alicyclic amines) is 1. The van der Waals surface area contributed by atoms with Crippen molar-refractivity contribution in [3.63, 3.8) is 0 Å². The summed E-state index contributed by atoms with van der Waals surface area (Å²) in [5.41, 5.74) is 8.29. The van der Waals surface area contributed by atoms with Crippen molar-refractivity contribution in [3.8, 4) is 5.75 Å². The van der Waals surface area contributed by atoms with Gasteiger partial charge in [0.25, 0.3) is 0 Å². The molecule has 0 saturated carbocycles. The van der Waals surface area contributed by atoms with Crippen molar-refractivity contribution in [3.05, 3.63) is 29.3 Å². The van der Waals surface area contributed by atoms with Crippen LogP contribution in [0.25, 0.3) is 0 Å². The van der Waals surface area contributed by atoms with Gasteiger partial charge in [-0.25, -0.2) is 0 Å². The first-order valence-electron chi connectivity index (χ1n) is 7.81. The molecule has 0 aliphatic carbocycles. The van der Waals surface area contributed by atoms with Crippen molar-refractivity contribution in [1.82, 2.24) is 4.90 Å². The highest BCUT2D eigenvalue weighted by Gasteiger charge is 2.17. The van der Waals surface area contributed by atoms with Crippen LogP contribution < -0.4 is 10.5 Å². The van der Waals surface area contributed by atoms with E-state index in [9.17, 15) is 0 Å². The molecule has 0 aromatic heterocycles. The van der Waals surface area contributed by atoms with Crippen molar-refractivity contribution in [2.45, 2.75) is 39.2 Å². The number of benzene rings is 1. The molecule has 1 atom stereocenters. The summed E-state index contributed by atoms with van der Waals surface area (Å²) in [6.45, 7) is 6.52. The van der Waals surface area contributed by atoms with Crippen LogP contribution in [0.4, 0.5) is 0 Å². The minimum atomic E-state index is 0.755. The van der Waals surface area contributed by atoms with Crippen LogP contribution in [-0.4, -0.2) is 31.6 Å². The Labute approximate surface area is 123 Å². The first-order valence-corrected chi connectivity index (χ1v) is 7.81. The van der Waals surface area contributed by atoms with E-state index >= 15 is 0 Å². The number of hydrogen-bond donors (Lipinski definition) is 1. The third-order valence-corrected chi connectivity index (χ3v) is 4.15. The van der Waals surface area contributed by atoms with Crippen LogP contribution >= 0.6 is 0 Å². The summed E-state index contributed by atoms with van der Waals surface area (Å²) in [4.78, 5) is 2.55. The normalized spacial score (nSPS) is 20.1. The average Bonchev–Trinajstić information content (AvgIpc) is 2.45. The van der Waals surface area contributed by atoms with Crippen molar-refractivity contribution in [2.75, 3.05) is 26.7 Å². The van der Waals surface area contributed by atoms with E-state index in [2.05, 4.69) is 30.0 Å². The molecule has 1 aromatic carbocycles. The number of piperidine rings is 1. The summed E-state index contributed by atoms with van der Waals surface area (Å²) in [6.07, 6.45) is 4.79. The van der Waals surface area contributed by atoms with Gasteiger partial charge in [0.05, 0.1) is 7.11 Å². The Kier molecular flexibility index (Phi) is 5.86. The molecule has 112 valence electrons. The van der Waals surface area contributed by atoms with E-state index in [1.807, 2.05) is 0 Å². The minimum Gasteiger partial charge on any atom is -0.496 e. The van der Waals surface area contributed by atoms with Gasteiger partial charge in [-0.2, -0.15) is 0 Å². The van der Waals surface area contributed by atoms with Gasteiger partial charge in [0.15, 0.2) is 0 Å². The van der Waals surface area contributed by atoms with E-state index in [0.29, 0.717) is 0 Å². The van der Waals surface area contributed by atoms with Gasteiger partial charge in [0.1, 0.15) is 5.75 Å². The average molecular weight is 276 g/mol. The molecule has 20 heavy (non-hydrogen) atoms. The highest BCUT2D eigenvalue weighted by atomic mass is 16.5. The van der Waals surface area contributed by atoms with Crippen molar-refractivity contribution >= 4 is 0 Å². The van der Waals surface area contributed by atoms with Crippen LogP contribution in [0.1, 0.15) is 37.3 Å². The van der Waals surface area contributed by atoms with E-state index < -0.39 is 0 Å². The molecular formula is C17H28N2O. The largest absolute Gasteiger partial charge is 0.496 e. The third kappa shape index (κ3) is 4.22. The monoisotopic (exact) mass is 276 g/mol. The third-order valence-electron chi connectivity index (χ3n) is 4.15. The molecule has 1 aliphatic heterocycles. The van der Waals surface area contributed by atoms with Gasteiger partial charge >= 0.3 is 0 Å². The number of aryl methyl sites for hydroxylation is 1. The van der Waals surface area contributed by atoms with Gasteiger partial charge in [-0.15, -0.1) is 0 Å². The quantitative estimate of drug-likeness (QED) is 0.868. The summed E-state index contributed by atoms with van der Waals surface area (Å²) >= 11 is 0. The molecule has 1 unspecified atom stereocenters. The second kappa shape index (κ2) is 7.65. The van der Waals surface area contributed by atoms with Gasteiger partial charge in [0, 0.05) is 18.7 Å². The molecule has 1 aliphatic rings. The lowest BCUT2D eigenvalue weighted by molar-refractivity contribution is 0.175. The molecule has 2 N–H and O–H groups in total. The molecule has 1 fully saturated rings. The highest BCUT2D eigenvalue weighted by molar-refractivity contribution is 5.37. The summed E-state index contributed by atoms with van der Waals surface area (Å²) in [6, 6.07) is 6.57. The standard InChI is InChI=1S/C17H28N2O/c1-14-5-4-10-19(12-14)13-16-11-15(6-3-9-18)7-8-17(16)20-2/h7-8,11,14H,3-6,9-10,12-13,18H2,1-2H3. The molecule has 0 spiro atoms. The Morgan fingerprint density at radius 1 is 1.40 bits per heavy atom. The van der Waals surface area contributed by atoms with Crippen LogP contribution in [-0.2, 0) is 13.0 Å². The Morgan fingerprint density at radius 2 is 2.25 bits per heavy atom. The zero-order valence-corrected chi connectivity index (χ0v) is 12.9. The molecule has 1 aromatic rings. The Morgan fingerprint density at radius 3 is 2.95 bits per heavy atom. The van der Waals surface area contributed by atoms with Crippen molar-refractivity contribution in [1.29, 1.82) is 0 Å². The molecule has 2 rings (SSSR count). The molecular weight excluding hydrogens is 248 g/mol. The fraction of sp³-hybridized carbons (Fsp3) is 0.647. The molecule has 0 amide bonds. The second-order valence-corrected chi connectivity index (χ2v) is 6.02. The van der Waals surface area contributed by atoms with Gasteiger partial charge in [-0.05, 0) is 56.3 Å². The number of nitrogens with zero attached hydrogens (tertiary/aromatic N) is 1. The van der Waals surface area contributed by atoms with Gasteiger partial charge in [0.2, 0.25) is 0 Å².